The number of hydrazone groups is 1. The second-order valence-electron chi connectivity index (χ2n) is 7.51. The zero-order valence-corrected chi connectivity index (χ0v) is 17.7. The number of benzene rings is 2. The summed E-state index contributed by atoms with van der Waals surface area (Å²) in [6.45, 7) is 7.02. The van der Waals surface area contributed by atoms with Crippen LogP contribution in [0.2, 0.25) is 0 Å². The van der Waals surface area contributed by atoms with E-state index < -0.39 is 5.97 Å². The Labute approximate surface area is 178 Å². The second-order valence-corrected chi connectivity index (χ2v) is 7.51. The van der Waals surface area contributed by atoms with Gasteiger partial charge in [0.2, 0.25) is 0 Å². The average molecular weight is 410 g/mol. The van der Waals surface area contributed by atoms with Crippen molar-refractivity contribution in [1.29, 1.82) is 0 Å². The predicted molar refractivity (Wildman–Crippen MR) is 119 cm³/mol. The predicted octanol–water partition coefficient (Wildman–Crippen LogP) is 3.80. The molecule has 0 fully saturated rings. The number of carbonyl (C=O) groups is 1. The van der Waals surface area contributed by atoms with Crippen LogP contribution >= 0.6 is 0 Å². The van der Waals surface area contributed by atoms with Crippen LogP contribution in [0, 0.1) is 0 Å². The highest BCUT2D eigenvalue weighted by atomic mass is 16.5. The van der Waals surface area contributed by atoms with Crippen molar-refractivity contribution < 1.29 is 14.6 Å². The molecule has 0 aromatic heterocycles. The molecule has 6 nitrogen and oxygen atoms in total. The van der Waals surface area contributed by atoms with E-state index in [9.17, 15) is 4.79 Å². The molecule has 1 heterocycles. The quantitative estimate of drug-likeness (QED) is 0.578. The van der Waals surface area contributed by atoms with E-state index in [1.807, 2.05) is 35.5 Å². The lowest BCUT2D eigenvalue weighted by Crippen LogP contribution is -2.28. The molecular weight excluding hydrogens is 378 g/mol. The molecule has 6 heteroatoms. The molecule has 0 radical (unpaired) electrons. The minimum Gasteiger partial charge on any atom is -0.492 e. The topological polar surface area (TPSA) is 65.4 Å². The zero-order chi connectivity index (χ0) is 21.2. The van der Waals surface area contributed by atoms with E-state index in [0.29, 0.717) is 13.0 Å². The fraction of sp³-hybridized carbons (Fsp3) is 0.417. The number of nitrogens with zero attached hydrogens (tertiary/aromatic N) is 3. The number of likely N-dealkylation sites (N-methyl/N-ethyl adjacent to an activating group) is 1. The molecule has 1 aliphatic rings. The van der Waals surface area contributed by atoms with Crippen molar-refractivity contribution in [3.05, 3.63) is 65.2 Å². The summed E-state index contributed by atoms with van der Waals surface area (Å²) in [5.41, 5.74) is 3.35. The molecule has 3 rings (SSSR count). The minimum absolute atomic E-state index is 0.0984. The van der Waals surface area contributed by atoms with Gasteiger partial charge in [-0.25, -0.2) is 0 Å². The van der Waals surface area contributed by atoms with Crippen LogP contribution in [0.5, 0.6) is 5.75 Å². The summed E-state index contributed by atoms with van der Waals surface area (Å²) in [7, 11) is 0. The van der Waals surface area contributed by atoms with E-state index in [0.717, 1.165) is 56.0 Å². The van der Waals surface area contributed by atoms with E-state index in [1.54, 1.807) is 0 Å². The summed E-state index contributed by atoms with van der Waals surface area (Å²) in [6.07, 6.45) is 3.48. The number of carboxylic acid groups (broad SMARTS) is 1. The van der Waals surface area contributed by atoms with Gasteiger partial charge in [0.15, 0.2) is 0 Å². The lowest BCUT2D eigenvalue weighted by molar-refractivity contribution is -0.136. The molecule has 1 N–H and O–H groups in total. The summed E-state index contributed by atoms with van der Waals surface area (Å²) in [5.74, 6) is -0.0101. The van der Waals surface area contributed by atoms with Crippen molar-refractivity contribution in [1.82, 2.24) is 9.91 Å². The Kier molecular flexibility index (Phi) is 8.27. The van der Waals surface area contributed by atoms with Crippen LogP contribution in [0.4, 0.5) is 0 Å². The van der Waals surface area contributed by atoms with Gasteiger partial charge < -0.3 is 9.84 Å². The van der Waals surface area contributed by atoms with Crippen molar-refractivity contribution in [2.45, 2.75) is 39.3 Å². The summed E-state index contributed by atoms with van der Waals surface area (Å²) >= 11 is 0. The van der Waals surface area contributed by atoms with Gasteiger partial charge in [-0.05, 0) is 35.7 Å². The van der Waals surface area contributed by atoms with Gasteiger partial charge in [0.05, 0.1) is 6.54 Å². The highest BCUT2D eigenvalue weighted by Gasteiger charge is 2.12. The van der Waals surface area contributed by atoms with E-state index in [2.05, 4.69) is 41.2 Å². The molecule has 0 amide bonds. The molecule has 0 bridgehead atoms. The molecule has 0 aliphatic carbocycles. The van der Waals surface area contributed by atoms with Gasteiger partial charge in [-0.15, -0.1) is 0 Å². The van der Waals surface area contributed by atoms with E-state index in [-0.39, 0.29) is 6.42 Å². The molecule has 1 aliphatic heterocycles. The van der Waals surface area contributed by atoms with Gasteiger partial charge in [-0.3, -0.25) is 14.7 Å². The van der Waals surface area contributed by atoms with E-state index in [4.69, 9.17) is 9.84 Å². The summed E-state index contributed by atoms with van der Waals surface area (Å²) in [4.78, 5) is 13.4. The molecule has 2 aromatic carbocycles. The van der Waals surface area contributed by atoms with Crippen molar-refractivity contribution in [2.75, 3.05) is 26.2 Å². The Morgan fingerprint density at radius 1 is 1.20 bits per heavy atom. The van der Waals surface area contributed by atoms with Crippen LogP contribution in [0.3, 0.4) is 0 Å². The summed E-state index contributed by atoms with van der Waals surface area (Å²) in [5, 5.41) is 15.5. The first-order chi connectivity index (χ1) is 14.6. The van der Waals surface area contributed by atoms with Gasteiger partial charge in [0.1, 0.15) is 12.4 Å². The lowest BCUT2D eigenvalue weighted by Gasteiger charge is -2.22. The molecule has 2 aromatic rings. The van der Waals surface area contributed by atoms with E-state index in [1.165, 1.54) is 5.56 Å². The number of hydrogen-bond acceptors (Lipinski definition) is 5. The Balaban J connectivity index is 1.61. The number of ether oxygens (including phenoxy) is 1. The molecular formula is C24H31N3O3. The molecule has 0 saturated carbocycles. The fourth-order valence-corrected chi connectivity index (χ4v) is 3.52. The Hall–Kier alpha value is -2.86. The molecule has 0 spiro atoms. The van der Waals surface area contributed by atoms with Crippen molar-refractivity contribution >= 4 is 12.2 Å². The standard InChI is InChI=1S/C24H31N3O3/c1-2-26(18-20-7-4-3-5-8-20)15-16-30-23-17-21(19-27-14-6-13-25-27)9-10-22(23)11-12-24(28)29/h3-5,7-10,13,17H,2,6,11-12,14-16,18-19H2,1H3,(H,28,29). The third kappa shape index (κ3) is 6.88. The maximum Gasteiger partial charge on any atom is 0.303 e. The van der Waals surface area contributed by atoms with Crippen LogP contribution < -0.4 is 4.74 Å². The van der Waals surface area contributed by atoms with Crippen LogP contribution in [0.1, 0.15) is 36.5 Å². The van der Waals surface area contributed by atoms with Crippen LogP contribution in [0.15, 0.2) is 53.6 Å². The normalized spacial score (nSPS) is 13.2. The number of carboxylic acids is 1. The average Bonchev–Trinajstić information content (AvgIpc) is 3.26. The smallest absolute Gasteiger partial charge is 0.303 e. The summed E-state index contributed by atoms with van der Waals surface area (Å²) < 4.78 is 6.15. The maximum atomic E-state index is 11.0. The maximum absolute atomic E-state index is 11.0. The number of rotatable bonds is 12. The van der Waals surface area contributed by atoms with Crippen LogP contribution in [-0.2, 0) is 24.3 Å². The minimum atomic E-state index is -0.795. The first kappa shape index (κ1) is 21.8. The Morgan fingerprint density at radius 3 is 2.73 bits per heavy atom. The van der Waals surface area contributed by atoms with Crippen molar-refractivity contribution in [2.24, 2.45) is 5.10 Å². The monoisotopic (exact) mass is 409 g/mol. The highest BCUT2D eigenvalue weighted by molar-refractivity contribution is 5.67. The lowest BCUT2D eigenvalue weighted by atomic mass is 10.1. The summed E-state index contributed by atoms with van der Waals surface area (Å²) in [6, 6.07) is 16.5. The molecule has 0 saturated heterocycles. The zero-order valence-electron chi connectivity index (χ0n) is 17.7. The SMILES string of the molecule is CCN(CCOc1cc(CN2CCC=N2)ccc1CCC(=O)O)Cc1ccccc1. The number of aliphatic carboxylic acids is 1. The largest absolute Gasteiger partial charge is 0.492 e. The van der Waals surface area contributed by atoms with E-state index >= 15 is 0 Å². The molecule has 30 heavy (non-hydrogen) atoms. The van der Waals surface area contributed by atoms with Gasteiger partial charge >= 0.3 is 5.97 Å². The van der Waals surface area contributed by atoms with Crippen molar-refractivity contribution in [3.8, 4) is 5.75 Å². The van der Waals surface area contributed by atoms with Crippen LogP contribution in [-0.4, -0.2) is 53.4 Å². The highest BCUT2D eigenvalue weighted by Crippen LogP contribution is 2.24. The number of hydrogen-bond donors (Lipinski definition) is 1. The molecule has 160 valence electrons. The number of aryl methyl sites for hydroxylation is 1. The first-order valence-corrected chi connectivity index (χ1v) is 10.6. The van der Waals surface area contributed by atoms with Gasteiger partial charge in [0.25, 0.3) is 0 Å². The molecule has 0 unspecified atom stereocenters. The van der Waals surface area contributed by atoms with Crippen LogP contribution in [0.25, 0.3) is 0 Å². The van der Waals surface area contributed by atoms with Gasteiger partial charge in [0, 0.05) is 38.7 Å². The van der Waals surface area contributed by atoms with Gasteiger partial charge in [-0.1, -0.05) is 49.4 Å². The third-order valence-electron chi connectivity index (χ3n) is 5.23. The fourth-order valence-electron chi connectivity index (χ4n) is 3.52. The Bertz CT molecular complexity index is 839. The second kappa shape index (κ2) is 11.4. The van der Waals surface area contributed by atoms with Crippen molar-refractivity contribution in [3.63, 3.8) is 0 Å². The Morgan fingerprint density at radius 2 is 2.03 bits per heavy atom. The first-order valence-electron chi connectivity index (χ1n) is 10.6. The van der Waals surface area contributed by atoms with Gasteiger partial charge in [-0.2, -0.15) is 5.10 Å². The molecule has 0 atom stereocenters. The third-order valence-corrected chi connectivity index (χ3v) is 5.23.